The summed E-state index contributed by atoms with van der Waals surface area (Å²) in [7, 11) is -4.88. The van der Waals surface area contributed by atoms with Crippen molar-refractivity contribution in [2.45, 2.75) is 17.5 Å². The third kappa shape index (κ3) is 4.57. The lowest BCUT2D eigenvalue weighted by molar-refractivity contribution is -0.385. The van der Waals surface area contributed by atoms with Gasteiger partial charge in [-0.3, -0.25) is 24.8 Å². The number of hydrogen-bond acceptors (Lipinski definition) is 6. The molecule has 0 fully saturated rings. The molecule has 0 aliphatic heterocycles. The lowest BCUT2D eigenvalue weighted by Crippen LogP contribution is -2.12. The monoisotopic (exact) mass is 406 g/mol. The van der Waals surface area contributed by atoms with Gasteiger partial charge < -0.3 is 0 Å². The molecule has 0 heterocycles. The van der Waals surface area contributed by atoms with Gasteiger partial charge in [-0.05, 0) is 23.6 Å². The Bertz CT molecular complexity index is 1040. The molecule has 0 spiro atoms. The standard InChI is InChI=1S/C14H9F3N2O7S/c15-14(16,17)12-7-11(19(22)23)2-1-8(12)5-9-6-10(18(20)21)3-4-13(9)27(24,25)26/h1-4,6-7H,5H2,(H,24,25,26). The zero-order chi connectivity index (χ0) is 20.6. The average Bonchev–Trinajstić information content (AvgIpc) is 2.52. The van der Waals surface area contributed by atoms with Crippen molar-refractivity contribution in [3.8, 4) is 0 Å². The predicted molar refractivity (Wildman–Crippen MR) is 83.8 cm³/mol. The Morgan fingerprint density at radius 3 is 1.93 bits per heavy atom. The van der Waals surface area contributed by atoms with E-state index >= 15 is 0 Å². The molecular formula is C14H9F3N2O7S. The van der Waals surface area contributed by atoms with Crippen molar-refractivity contribution in [2.75, 3.05) is 0 Å². The first-order valence-electron chi connectivity index (χ1n) is 6.90. The lowest BCUT2D eigenvalue weighted by atomic mass is 9.98. The predicted octanol–water partition coefficient (Wildman–Crippen LogP) is 3.36. The van der Waals surface area contributed by atoms with Crippen molar-refractivity contribution >= 4 is 21.5 Å². The maximum Gasteiger partial charge on any atom is 0.416 e. The number of nitro groups is 2. The normalized spacial score (nSPS) is 12.0. The van der Waals surface area contributed by atoms with Crippen LogP contribution in [-0.4, -0.2) is 22.8 Å². The van der Waals surface area contributed by atoms with Crippen molar-refractivity contribution < 1.29 is 36.0 Å². The molecule has 0 radical (unpaired) electrons. The van der Waals surface area contributed by atoms with Gasteiger partial charge in [-0.1, -0.05) is 6.07 Å². The second-order valence-electron chi connectivity index (χ2n) is 5.30. The van der Waals surface area contributed by atoms with Gasteiger partial charge >= 0.3 is 6.18 Å². The van der Waals surface area contributed by atoms with Crippen LogP contribution < -0.4 is 0 Å². The van der Waals surface area contributed by atoms with Gasteiger partial charge in [0.25, 0.3) is 21.5 Å². The highest BCUT2D eigenvalue weighted by Gasteiger charge is 2.35. The fourth-order valence-corrected chi connectivity index (χ4v) is 3.07. The van der Waals surface area contributed by atoms with Crippen LogP contribution in [0.25, 0.3) is 0 Å². The number of nitrogens with zero attached hydrogens (tertiary/aromatic N) is 2. The molecule has 9 nitrogen and oxygen atoms in total. The number of nitro benzene ring substituents is 2. The number of benzene rings is 2. The molecule has 0 amide bonds. The summed E-state index contributed by atoms with van der Waals surface area (Å²) in [6.07, 6.45) is -5.77. The number of alkyl halides is 3. The Morgan fingerprint density at radius 2 is 1.44 bits per heavy atom. The number of rotatable bonds is 5. The maximum absolute atomic E-state index is 13.2. The lowest BCUT2D eigenvalue weighted by Gasteiger charge is -2.14. The second-order valence-corrected chi connectivity index (χ2v) is 6.69. The van der Waals surface area contributed by atoms with E-state index in [2.05, 4.69) is 0 Å². The van der Waals surface area contributed by atoms with E-state index in [1.807, 2.05) is 0 Å². The molecular weight excluding hydrogens is 397 g/mol. The van der Waals surface area contributed by atoms with Gasteiger partial charge in [-0.25, -0.2) is 0 Å². The first-order chi connectivity index (χ1) is 12.3. The van der Waals surface area contributed by atoms with Crippen molar-refractivity contribution in [3.05, 3.63) is 73.3 Å². The van der Waals surface area contributed by atoms with Gasteiger partial charge in [-0.15, -0.1) is 0 Å². The van der Waals surface area contributed by atoms with E-state index < -0.39 is 65.5 Å². The van der Waals surface area contributed by atoms with Gasteiger partial charge in [0.05, 0.1) is 20.3 Å². The highest BCUT2D eigenvalue weighted by molar-refractivity contribution is 7.85. The van der Waals surface area contributed by atoms with Gasteiger partial charge in [0, 0.05) is 24.3 Å². The van der Waals surface area contributed by atoms with Gasteiger partial charge in [-0.2, -0.15) is 21.6 Å². The molecule has 0 bridgehead atoms. The van der Waals surface area contributed by atoms with Crippen molar-refractivity contribution in [3.63, 3.8) is 0 Å². The summed E-state index contributed by atoms with van der Waals surface area (Å²) in [5.74, 6) is 0. The molecule has 0 atom stereocenters. The zero-order valence-corrected chi connectivity index (χ0v) is 13.8. The summed E-state index contributed by atoms with van der Waals surface area (Å²) in [6, 6.07) is 4.02. The van der Waals surface area contributed by atoms with E-state index in [1.165, 1.54) is 0 Å². The summed E-state index contributed by atoms with van der Waals surface area (Å²) >= 11 is 0. The Kier molecular flexibility index (Phi) is 5.19. The number of halogens is 3. The van der Waals surface area contributed by atoms with Gasteiger partial charge in [0.1, 0.15) is 0 Å². The Hall–Kier alpha value is -3.06. The minimum atomic E-state index is -5.00. The molecule has 27 heavy (non-hydrogen) atoms. The fraction of sp³-hybridized carbons (Fsp3) is 0.143. The molecule has 0 unspecified atom stereocenters. The van der Waals surface area contributed by atoms with Crippen molar-refractivity contribution in [1.82, 2.24) is 0 Å². The smallest absolute Gasteiger partial charge is 0.282 e. The maximum atomic E-state index is 13.2. The molecule has 0 aliphatic carbocycles. The van der Waals surface area contributed by atoms with Crippen LogP contribution in [0, 0.1) is 20.2 Å². The first kappa shape index (κ1) is 20.3. The Labute approximate surface area is 149 Å². The quantitative estimate of drug-likeness (QED) is 0.456. The number of hydrogen-bond donors (Lipinski definition) is 1. The third-order valence-electron chi connectivity index (χ3n) is 3.52. The second kappa shape index (κ2) is 6.92. The van der Waals surface area contributed by atoms with Crippen LogP contribution in [-0.2, 0) is 22.7 Å². The molecule has 2 rings (SSSR count). The minimum absolute atomic E-state index is 0.278. The van der Waals surface area contributed by atoms with Gasteiger partial charge in [0.2, 0.25) is 0 Å². The number of non-ortho nitro benzene ring substituents is 2. The molecule has 0 aliphatic rings. The van der Waals surface area contributed by atoms with E-state index in [9.17, 15) is 46.4 Å². The highest BCUT2D eigenvalue weighted by Crippen LogP contribution is 2.36. The van der Waals surface area contributed by atoms with Gasteiger partial charge in [0.15, 0.2) is 0 Å². The topological polar surface area (TPSA) is 141 Å². The minimum Gasteiger partial charge on any atom is -0.282 e. The van der Waals surface area contributed by atoms with Crippen LogP contribution in [0.15, 0.2) is 41.3 Å². The SMILES string of the molecule is O=[N+]([O-])c1ccc(S(=O)(=O)O)c(Cc2ccc([N+](=O)[O-])cc2C(F)(F)F)c1. The molecule has 2 aromatic rings. The summed E-state index contributed by atoms with van der Waals surface area (Å²) in [6.45, 7) is 0. The van der Waals surface area contributed by atoms with Crippen molar-refractivity contribution in [2.24, 2.45) is 0 Å². The van der Waals surface area contributed by atoms with E-state index in [1.54, 1.807) is 0 Å². The summed E-state index contributed by atoms with van der Waals surface area (Å²) in [4.78, 5) is 18.8. The van der Waals surface area contributed by atoms with E-state index in [4.69, 9.17) is 0 Å². The zero-order valence-electron chi connectivity index (χ0n) is 13.0. The summed E-state index contributed by atoms with van der Waals surface area (Å²) in [5.41, 5.74) is -3.86. The van der Waals surface area contributed by atoms with Crippen LogP contribution in [0.1, 0.15) is 16.7 Å². The first-order valence-corrected chi connectivity index (χ1v) is 8.34. The molecule has 0 saturated carbocycles. The largest absolute Gasteiger partial charge is 0.416 e. The van der Waals surface area contributed by atoms with E-state index in [0.29, 0.717) is 12.1 Å². The highest BCUT2D eigenvalue weighted by atomic mass is 32.2. The van der Waals surface area contributed by atoms with Crippen molar-refractivity contribution in [1.29, 1.82) is 0 Å². The Balaban J connectivity index is 2.67. The molecule has 1 N–H and O–H groups in total. The van der Waals surface area contributed by atoms with E-state index in [0.717, 1.165) is 18.2 Å². The third-order valence-corrected chi connectivity index (χ3v) is 4.48. The van der Waals surface area contributed by atoms with E-state index in [-0.39, 0.29) is 6.07 Å². The molecule has 2 aromatic carbocycles. The fourth-order valence-electron chi connectivity index (χ4n) is 2.37. The summed E-state index contributed by atoms with van der Waals surface area (Å²) < 4.78 is 71.8. The average molecular weight is 406 g/mol. The summed E-state index contributed by atoms with van der Waals surface area (Å²) in [5, 5.41) is 21.6. The van der Waals surface area contributed by atoms with Crippen LogP contribution in [0.3, 0.4) is 0 Å². The molecule has 144 valence electrons. The van der Waals surface area contributed by atoms with Crippen LogP contribution in [0.2, 0.25) is 0 Å². The Morgan fingerprint density at radius 1 is 0.926 bits per heavy atom. The molecule has 0 aromatic heterocycles. The molecule has 0 saturated heterocycles. The van der Waals surface area contributed by atoms with Crippen LogP contribution in [0.4, 0.5) is 24.5 Å². The van der Waals surface area contributed by atoms with Crippen LogP contribution >= 0.6 is 0 Å². The van der Waals surface area contributed by atoms with Crippen LogP contribution in [0.5, 0.6) is 0 Å². The molecule has 13 heteroatoms.